The Morgan fingerprint density at radius 3 is 2.97 bits per heavy atom. The van der Waals surface area contributed by atoms with Crippen molar-refractivity contribution in [1.29, 1.82) is 0 Å². The lowest BCUT2D eigenvalue weighted by molar-refractivity contribution is -0.118. The molecule has 1 aromatic carbocycles. The molecule has 1 fully saturated rings. The van der Waals surface area contributed by atoms with Gasteiger partial charge in [0.1, 0.15) is 29.9 Å². The maximum atomic E-state index is 11.3. The number of amides is 1. The topological polar surface area (TPSA) is 95.8 Å². The average molecular weight is 410 g/mol. The Kier molecular flexibility index (Phi) is 5.18. The molecule has 0 atom stereocenters. The number of nitrogens with two attached hydrogens (primary N) is 1. The van der Waals surface area contributed by atoms with Gasteiger partial charge in [0.05, 0.1) is 18.7 Å². The van der Waals surface area contributed by atoms with E-state index in [0.29, 0.717) is 13.2 Å². The van der Waals surface area contributed by atoms with Crippen LogP contribution in [0.4, 0.5) is 0 Å². The summed E-state index contributed by atoms with van der Waals surface area (Å²) in [4.78, 5) is 13.7. The molecule has 2 aliphatic rings. The number of hydrogen-bond donors (Lipinski definition) is 1. The highest BCUT2D eigenvalue weighted by Gasteiger charge is 2.25. The third-order valence-electron chi connectivity index (χ3n) is 5.97. The molecule has 4 heterocycles. The normalized spacial score (nSPS) is 17.9. The van der Waals surface area contributed by atoms with Crippen LogP contribution in [0.15, 0.2) is 35.0 Å². The van der Waals surface area contributed by atoms with E-state index in [2.05, 4.69) is 10.1 Å². The summed E-state index contributed by atoms with van der Waals surface area (Å²) in [5.41, 5.74) is 8.44. The number of likely N-dealkylation sites (tertiary alicyclic amines) is 1. The van der Waals surface area contributed by atoms with Gasteiger partial charge in [-0.15, -0.1) is 0 Å². The zero-order valence-electron chi connectivity index (χ0n) is 16.9. The minimum absolute atomic E-state index is 0.167. The lowest BCUT2D eigenvalue weighted by atomic mass is 10.1. The van der Waals surface area contributed by atoms with Crippen molar-refractivity contribution in [2.24, 2.45) is 5.73 Å². The summed E-state index contributed by atoms with van der Waals surface area (Å²) in [7, 11) is 0. The highest BCUT2D eigenvalue weighted by molar-refractivity contribution is 5.87. The quantitative estimate of drug-likeness (QED) is 0.670. The van der Waals surface area contributed by atoms with Crippen LogP contribution in [0.1, 0.15) is 29.9 Å². The molecule has 8 heteroatoms. The van der Waals surface area contributed by atoms with Gasteiger partial charge in [-0.2, -0.15) is 0 Å². The Bertz CT molecular complexity index is 1050. The van der Waals surface area contributed by atoms with E-state index in [9.17, 15) is 4.79 Å². The smallest absolute Gasteiger partial charge is 0.237 e. The van der Waals surface area contributed by atoms with Crippen LogP contribution in [0.3, 0.4) is 0 Å². The van der Waals surface area contributed by atoms with Crippen LogP contribution in [0.5, 0.6) is 5.75 Å². The van der Waals surface area contributed by atoms with Crippen molar-refractivity contribution in [3.8, 4) is 5.75 Å². The first-order valence-corrected chi connectivity index (χ1v) is 10.5. The molecule has 1 amide bonds. The summed E-state index contributed by atoms with van der Waals surface area (Å²) in [6.07, 6.45) is 4.77. The number of benzene rings is 1. The molecule has 1 saturated heterocycles. The Balaban J connectivity index is 1.21. The molecule has 2 aromatic heterocycles. The van der Waals surface area contributed by atoms with Gasteiger partial charge in [-0.1, -0.05) is 11.2 Å². The number of carbonyl (C=O) groups excluding carboxylic acids is 1. The third kappa shape index (κ3) is 3.80. The molecule has 2 aliphatic heterocycles. The van der Waals surface area contributed by atoms with E-state index in [0.717, 1.165) is 72.6 Å². The van der Waals surface area contributed by atoms with Gasteiger partial charge >= 0.3 is 0 Å². The van der Waals surface area contributed by atoms with Crippen LogP contribution in [-0.2, 0) is 35.6 Å². The lowest BCUT2D eigenvalue weighted by Gasteiger charge is -2.32. The van der Waals surface area contributed by atoms with E-state index in [1.54, 1.807) is 0 Å². The Labute approximate surface area is 174 Å². The number of aromatic nitrogens is 2. The molecule has 158 valence electrons. The van der Waals surface area contributed by atoms with E-state index in [4.69, 9.17) is 19.7 Å². The number of hydrogen-bond acceptors (Lipinski definition) is 6. The van der Waals surface area contributed by atoms with Gasteiger partial charge in [-0.3, -0.25) is 9.69 Å². The van der Waals surface area contributed by atoms with E-state index in [1.807, 2.05) is 35.0 Å². The maximum Gasteiger partial charge on any atom is 0.237 e. The molecule has 0 radical (unpaired) electrons. The minimum atomic E-state index is -0.355. The van der Waals surface area contributed by atoms with Crippen molar-refractivity contribution in [2.45, 2.75) is 45.1 Å². The summed E-state index contributed by atoms with van der Waals surface area (Å²) in [6, 6.07) is 7.92. The van der Waals surface area contributed by atoms with Gasteiger partial charge in [0.25, 0.3) is 0 Å². The van der Waals surface area contributed by atoms with E-state index in [-0.39, 0.29) is 18.6 Å². The number of rotatable bonds is 6. The molecular weight excluding hydrogens is 384 g/mol. The van der Waals surface area contributed by atoms with Crippen LogP contribution in [0, 0.1) is 0 Å². The minimum Gasteiger partial charge on any atom is -0.490 e. The number of ether oxygens (including phenoxy) is 2. The fourth-order valence-corrected chi connectivity index (χ4v) is 4.39. The molecular formula is C22H26N4O4. The number of nitrogens with zero attached hydrogens (tertiary/aromatic N) is 3. The summed E-state index contributed by atoms with van der Waals surface area (Å²) >= 11 is 0. The molecule has 0 spiro atoms. The summed E-state index contributed by atoms with van der Waals surface area (Å²) in [5, 5.41) is 5.28. The first kappa shape index (κ1) is 19.1. The number of fused-ring (bicyclic) bond motifs is 2. The van der Waals surface area contributed by atoms with Gasteiger partial charge in [-0.25, -0.2) is 0 Å². The van der Waals surface area contributed by atoms with Gasteiger partial charge in [0.15, 0.2) is 0 Å². The highest BCUT2D eigenvalue weighted by Crippen LogP contribution is 2.30. The van der Waals surface area contributed by atoms with Crippen LogP contribution in [0.2, 0.25) is 0 Å². The molecule has 30 heavy (non-hydrogen) atoms. The van der Waals surface area contributed by atoms with Crippen LogP contribution in [0.25, 0.3) is 10.9 Å². The van der Waals surface area contributed by atoms with Crippen molar-refractivity contribution in [2.75, 3.05) is 19.7 Å². The van der Waals surface area contributed by atoms with E-state index in [1.165, 1.54) is 0 Å². The van der Waals surface area contributed by atoms with Gasteiger partial charge in [0.2, 0.25) is 5.91 Å². The van der Waals surface area contributed by atoms with E-state index >= 15 is 0 Å². The second-order valence-electron chi connectivity index (χ2n) is 8.03. The van der Waals surface area contributed by atoms with Gasteiger partial charge < -0.3 is 24.3 Å². The molecule has 0 saturated carbocycles. The molecule has 2 N–H and O–H groups in total. The first-order valence-electron chi connectivity index (χ1n) is 10.5. The van der Waals surface area contributed by atoms with Gasteiger partial charge in [-0.05, 0) is 31.0 Å². The zero-order chi connectivity index (χ0) is 20.5. The fraction of sp³-hybridized carbons (Fsp3) is 0.455. The number of carbonyl (C=O) groups is 1. The molecule has 0 unspecified atom stereocenters. The SMILES string of the molecule is NC(=O)Cn1ccc2c(OC3CCN(Cc4noc5c4COCC5)CC3)cccc21. The average Bonchev–Trinajstić information content (AvgIpc) is 3.34. The van der Waals surface area contributed by atoms with Crippen LogP contribution in [-0.4, -0.2) is 46.3 Å². The highest BCUT2D eigenvalue weighted by atomic mass is 16.5. The monoisotopic (exact) mass is 410 g/mol. The lowest BCUT2D eigenvalue weighted by Crippen LogP contribution is -2.38. The largest absolute Gasteiger partial charge is 0.490 e. The van der Waals surface area contributed by atoms with Crippen molar-refractivity contribution >= 4 is 16.8 Å². The zero-order valence-corrected chi connectivity index (χ0v) is 16.9. The molecule has 0 bridgehead atoms. The Hall–Kier alpha value is -2.84. The number of primary amides is 1. The molecule has 8 nitrogen and oxygen atoms in total. The summed E-state index contributed by atoms with van der Waals surface area (Å²) in [5.74, 6) is 1.48. The standard InChI is InChI=1S/C22H26N4O4/c23-22(27)13-26-10-6-16-19(26)2-1-3-20(16)29-15-4-8-25(9-5-15)12-18-17-14-28-11-7-21(17)30-24-18/h1-3,6,10,15H,4-5,7-9,11-14H2,(H2,23,27). The maximum absolute atomic E-state index is 11.3. The molecule has 0 aliphatic carbocycles. The van der Waals surface area contributed by atoms with E-state index < -0.39 is 0 Å². The fourth-order valence-electron chi connectivity index (χ4n) is 4.39. The molecule has 5 rings (SSSR count). The first-order chi connectivity index (χ1) is 14.7. The Morgan fingerprint density at radius 1 is 1.27 bits per heavy atom. The summed E-state index contributed by atoms with van der Waals surface area (Å²) in [6.45, 7) is 4.18. The molecule has 3 aromatic rings. The van der Waals surface area contributed by atoms with Gasteiger partial charge in [0, 0.05) is 43.2 Å². The van der Waals surface area contributed by atoms with Crippen molar-refractivity contribution in [3.63, 3.8) is 0 Å². The van der Waals surface area contributed by atoms with Crippen molar-refractivity contribution < 1.29 is 18.8 Å². The van der Waals surface area contributed by atoms with Crippen molar-refractivity contribution in [3.05, 3.63) is 47.5 Å². The third-order valence-corrected chi connectivity index (χ3v) is 5.97. The Morgan fingerprint density at radius 2 is 2.13 bits per heavy atom. The van der Waals surface area contributed by atoms with Crippen LogP contribution < -0.4 is 10.5 Å². The second-order valence-corrected chi connectivity index (χ2v) is 8.03. The second kappa shape index (κ2) is 8.12. The summed E-state index contributed by atoms with van der Waals surface area (Å²) < 4.78 is 19.3. The van der Waals surface area contributed by atoms with Crippen LogP contribution >= 0.6 is 0 Å². The predicted molar refractivity (Wildman–Crippen MR) is 110 cm³/mol. The number of piperidine rings is 1. The predicted octanol–water partition coefficient (Wildman–Crippen LogP) is 2.23. The van der Waals surface area contributed by atoms with Crippen molar-refractivity contribution in [1.82, 2.24) is 14.6 Å².